The molecule has 7 heteroatoms. The second-order valence-electron chi connectivity index (χ2n) is 3.08. The molecule has 0 saturated carbocycles. The van der Waals surface area contributed by atoms with E-state index in [1.54, 1.807) is 0 Å². The molecule has 0 aromatic heterocycles. The highest BCUT2D eigenvalue weighted by molar-refractivity contribution is 5.85. The normalized spacial score (nSPS) is 11.7. The van der Waals surface area contributed by atoms with Crippen LogP contribution < -0.4 is 5.73 Å². The molecule has 5 nitrogen and oxygen atoms in total. The van der Waals surface area contributed by atoms with E-state index in [2.05, 4.69) is 0 Å². The van der Waals surface area contributed by atoms with Crippen LogP contribution in [0.3, 0.4) is 0 Å². The van der Waals surface area contributed by atoms with Crippen LogP contribution in [-0.2, 0) is 0 Å². The first-order valence-electron chi connectivity index (χ1n) is 4.36. The first-order valence-corrected chi connectivity index (χ1v) is 4.36. The summed E-state index contributed by atoms with van der Waals surface area (Å²) in [6, 6.07) is 2.44. The number of nitrogens with two attached hydrogens (primary N) is 1. The molecule has 90 valence electrons. The Morgan fingerprint density at radius 2 is 2.19 bits per heavy atom. The van der Waals surface area contributed by atoms with E-state index in [0.29, 0.717) is 0 Å². The summed E-state index contributed by atoms with van der Waals surface area (Å²) in [5, 5.41) is 19.1. The number of hydrogen-bond acceptors (Lipinski definition) is 4. The van der Waals surface area contributed by atoms with Crippen LogP contribution in [0.4, 0.5) is 10.1 Å². The van der Waals surface area contributed by atoms with Crippen LogP contribution in [0.25, 0.3) is 0 Å². The van der Waals surface area contributed by atoms with Crippen LogP contribution in [0, 0.1) is 15.9 Å². The number of aliphatic hydroxyl groups excluding tert-OH is 1. The number of rotatable bonds is 4. The SMILES string of the molecule is Cl.N[C@@H](CCO)c1cc([N+](=O)[O-])ccc1F. The lowest BCUT2D eigenvalue weighted by Gasteiger charge is -2.10. The lowest BCUT2D eigenvalue weighted by Crippen LogP contribution is -2.14. The van der Waals surface area contributed by atoms with E-state index in [4.69, 9.17) is 10.8 Å². The number of aliphatic hydroxyl groups is 1. The third-order valence-corrected chi connectivity index (χ3v) is 2.03. The average Bonchev–Trinajstić information content (AvgIpc) is 2.18. The summed E-state index contributed by atoms with van der Waals surface area (Å²) in [5.41, 5.74) is 5.40. The highest BCUT2D eigenvalue weighted by atomic mass is 35.5. The molecule has 0 aliphatic rings. The number of nitrogens with zero attached hydrogens (tertiary/aromatic N) is 1. The van der Waals surface area contributed by atoms with E-state index < -0.39 is 16.8 Å². The molecule has 1 rings (SSSR count). The third-order valence-electron chi connectivity index (χ3n) is 2.03. The van der Waals surface area contributed by atoms with E-state index in [1.165, 1.54) is 0 Å². The van der Waals surface area contributed by atoms with Crippen molar-refractivity contribution in [2.24, 2.45) is 5.73 Å². The second-order valence-corrected chi connectivity index (χ2v) is 3.08. The van der Waals surface area contributed by atoms with Gasteiger partial charge in [-0.15, -0.1) is 12.4 Å². The Labute approximate surface area is 97.6 Å². The largest absolute Gasteiger partial charge is 0.396 e. The molecule has 0 spiro atoms. The Morgan fingerprint density at radius 1 is 1.56 bits per heavy atom. The first kappa shape index (κ1) is 14.8. The van der Waals surface area contributed by atoms with Gasteiger partial charge < -0.3 is 10.8 Å². The van der Waals surface area contributed by atoms with Crippen LogP contribution >= 0.6 is 12.4 Å². The number of nitro benzene ring substituents is 1. The van der Waals surface area contributed by atoms with Crippen LogP contribution in [0.5, 0.6) is 0 Å². The average molecular weight is 251 g/mol. The quantitative estimate of drug-likeness (QED) is 0.627. The van der Waals surface area contributed by atoms with Crippen molar-refractivity contribution in [2.75, 3.05) is 6.61 Å². The fraction of sp³-hybridized carbons (Fsp3) is 0.333. The van der Waals surface area contributed by atoms with Crippen LogP contribution in [0.15, 0.2) is 18.2 Å². The summed E-state index contributed by atoms with van der Waals surface area (Å²) < 4.78 is 13.2. The minimum atomic E-state index is -0.727. The maximum atomic E-state index is 13.2. The third kappa shape index (κ3) is 3.41. The van der Waals surface area contributed by atoms with Crippen LogP contribution in [0.2, 0.25) is 0 Å². The van der Waals surface area contributed by atoms with Gasteiger partial charge in [-0.25, -0.2) is 4.39 Å². The molecule has 1 aromatic carbocycles. The van der Waals surface area contributed by atoms with Gasteiger partial charge in [0.15, 0.2) is 0 Å². The lowest BCUT2D eigenvalue weighted by molar-refractivity contribution is -0.385. The summed E-state index contributed by atoms with van der Waals surface area (Å²) in [4.78, 5) is 9.82. The van der Waals surface area contributed by atoms with E-state index >= 15 is 0 Å². The molecule has 16 heavy (non-hydrogen) atoms. The predicted octanol–water partition coefficient (Wildman–Crippen LogP) is 1.54. The van der Waals surface area contributed by atoms with Crippen molar-refractivity contribution in [3.05, 3.63) is 39.7 Å². The zero-order valence-corrected chi connectivity index (χ0v) is 9.11. The summed E-state index contributed by atoms with van der Waals surface area (Å²) in [6.07, 6.45) is 0.165. The molecule has 0 amide bonds. The maximum absolute atomic E-state index is 13.2. The molecule has 0 aliphatic carbocycles. The van der Waals surface area contributed by atoms with E-state index in [9.17, 15) is 14.5 Å². The van der Waals surface area contributed by atoms with Crippen LogP contribution in [-0.4, -0.2) is 16.6 Å². The van der Waals surface area contributed by atoms with Gasteiger partial charge in [-0.2, -0.15) is 0 Å². The van der Waals surface area contributed by atoms with Gasteiger partial charge in [0.25, 0.3) is 5.69 Å². The van der Waals surface area contributed by atoms with E-state index in [1.807, 2.05) is 0 Å². The smallest absolute Gasteiger partial charge is 0.269 e. The molecule has 1 atom stereocenters. The fourth-order valence-electron chi connectivity index (χ4n) is 1.22. The molecular weight excluding hydrogens is 239 g/mol. The number of hydrogen-bond donors (Lipinski definition) is 2. The summed E-state index contributed by atoms with van der Waals surface area (Å²) >= 11 is 0. The highest BCUT2D eigenvalue weighted by Crippen LogP contribution is 2.22. The summed E-state index contributed by atoms with van der Waals surface area (Å²) in [7, 11) is 0. The number of benzene rings is 1. The van der Waals surface area contributed by atoms with Gasteiger partial charge in [0, 0.05) is 30.3 Å². The van der Waals surface area contributed by atoms with Crippen molar-refractivity contribution in [2.45, 2.75) is 12.5 Å². The molecule has 0 unspecified atom stereocenters. The number of non-ortho nitro benzene ring substituents is 1. The van der Waals surface area contributed by atoms with E-state index in [-0.39, 0.29) is 36.7 Å². The van der Waals surface area contributed by atoms with Gasteiger partial charge in [0.1, 0.15) is 5.82 Å². The molecule has 0 fully saturated rings. The van der Waals surface area contributed by atoms with Crippen molar-refractivity contribution in [3.63, 3.8) is 0 Å². The Morgan fingerprint density at radius 3 is 2.69 bits per heavy atom. The molecule has 0 aliphatic heterocycles. The molecule has 1 aromatic rings. The zero-order chi connectivity index (χ0) is 11.4. The first-order chi connectivity index (χ1) is 7.06. The topological polar surface area (TPSA) is 89.4 Å². The second kappa shape index (κ2) is 6.37. The van der Waals surface area contributed by atoms with Gasteiger partial charge in [-0.05, 0) is 12.5 Å². The molecule has 0 radical (unpaired) electrons. The minimum Gasteiger partial charge on any atom is -0.396 e. The highest BCUT2D eigenvalue weighted by Gasteiger charge is 2.15. The number of halogens is 2. The van der Waals surface area contributed by atoms with Crippen molar-refractivity contribution >= 4 is 18.1 Å². The monoisotopic (exact) mass is 250 g/mol. The van der Waals surface area contributed by atoms with Crippen LogP contribution in [0.1, 0.15) is 18.0 Å². The van der Waals surface area contributed by atoms with Crippen molar-refractivity contribution in [1.82, 2.24) is 0 Å². The summed E-state index contributed by atoms with van der Waals surface area (Å²) in [6.45, 7) is -0.191. The van der Waals surface area contributed by atoms with Crippen molar-refractivity contribution in [3.8, 4) is 0 Å². The Kier molecular flexibility index (Phi) is 5.87. The molecular formula is C9H12ClFN2O3. The van der Waals surface area contributed by atoms with Crippen molar-refractivity contribution in [1.29, 1.82) is 0 Å². The molecule has 0 heterocycles. The Bertz CT molecular complexity index is 376. The van der Waals surface area contributed by atoms with Gasteiger partial charge in [0.2, 0.25) is 0 Å². The fourth-order valence-corrected chi connectivity index (χ4v) is 1.22. The van der Waals surface area contributed by atoms with Gasteiger partial charge in [-0.1, -0.05) is 0 Å². The van der Waals surface area contributed by atoms with Crippen molar-refractivity contribution < 1.29 is 14.4 Å². The predicted molar refractivity (Wildman–Crippen MR) is 58.9 cm³/mol. The summed E-state index contributed by atoms with van der Waals surface area (Å²) in [5.74, 6) is -0.596. The Hall–Kier alpha value is -1.24. The maximum Gasteiger partial charge on any atom is 0.269 e. The minimum absolute atomic E-state index is 0. The Balaban J connectivity index is 0.00000225. The van der Waals surface area contributed by atoms with Gasteiger partial charge in [-0.3, -0.25) is 10.1 Å². The van der Waals surface area contributed by atoms with Gasteiger partial charge in [0.05, 0.1) is 4.92 Å². The molecule has 0 bridgehead atoms. The molecule has 3 N–H and O–H groups in total. The van der Waals surface area contributed by atoms with Gasteiger partial charge >= 0.3 is 0 Å². The molecule has 0 saturated heterocycles. The standard InChI is InChI=1S/C9H11FN2O3.ClH/c10-8-2-1-6(12(14)15)5-7(8)9(11)3-4-13;/h1-2,5,9,13H,3-4,11H2;1H/t9-;/m0./s1. The lowest BCUT2D eigenvalue weighted by atomic mass is 10.0. The van der Waals surface area contributed by atoms with E-state index in [0.717, 1.165) is 18.2 Å². The number of nitro groups is 1. The zero-order valence-electron chi connectivity index (χ0n) is 8.30.